The molecule has 6 heteroatoms. The maximum Gasteiger partial charge on any atom is 0.257 e. The number of rotatable bonds is 4. The van der Waals surface area contributed by atoms with Gasteiger partial charge in [0.15, 0.2) is 0 Å². The van der Waals surface area contributed by atoms with Crippen LogP contribution in [0.2, 0.25) is 5.02 Å². The molecule has 1 aromatic carbocycles. The molecule has 3 aromatic heterocycles. The summed E-state index contributed by atoms with van der Waals surface area (Å²) in [5, 5.41) is 4.15. The molecule has 0 radical (unpaired) electrons. The maximum absolute atomic E-state index is 13.1. The Morgan fingerprint density at radius 1 is 1.14 bits per heavy atom. The molecule has 0 saturated heterocycles. The number of fused-ring (bicyclic) bond motifs is 1. The van der Waals surface area contributed by atoms with Crippen molar-refractivity contribution in [2.45, 2.75) is 20.3 Å². The first-order valence-electron chi connectivity index (χ1n) is 8.97. The first kappa shape index (κ1) is 18.6. The number of anilines is 1. The lowest BCUT2D eigenvalue weighted by Gasteiger charge is -2.10. The Labute approximate surface area is 172 Å². The molecular formula is C22H18ClN3OS. The average molecular weight is 408 g/mol. The van der Waals surface area contributed by atoms with E-state index in [-0.39, 0.29) is 5.91 Å². The van der Waals surface area contributed by atoms with Crippen LogP contribution < -0.4 is 5.32 Å². The summed E-state index contributed by atoms with van der Waals surface area (Å²) in [6.45, 7) is 4.08. The normalized spacial score (nSPS) is 11.0. The van der Waals surface area contributed by atoms with Gasteiger partial charge < -0.3 is 5.32 Å². The number of aryl methyl sites for hydroxylation is 2. The van der Waals surface area contributed by atoms with Gasteiger partial charge in [0.25, 0.3) is 5.91 Å². The Kier molecular flexibility index (Phi) is 5.11. The highest BCUT2D eigenvalue weighted by Crippen LogP contribution is 2.31. The van der Waals surface area contributed by atoms with Gasteiger partial charge in [-0.2, -0.15) is 0 Å². The first-order valence-corrected chi connectivity index (χ1v) is 10.2. The summed E-state index contributed by atoms with van der Waals surface area (Å²) >= 11 is 7.87. The fraction of sp³-hybridized carbons (Fsp3) is 0.136. The van der Waals surface area contributed by atoms with Gasteiger partial charge >= 0.3 is 0 Å². The number of nitrogens with zero attached hydrogens (tertiary/aromatic N) is 2. The highest BCUT2D eigenvalue weighted by atomic mass is 35.5. The van der Waals surface area contributed by atoms with Crippen LogP contribution in [-0.2, 0) is 6.42 Å². The van der Waals surface area contributed by atoms with Crippen molar-refractivity contribution in [3.8, 4) is 10.6 Å². The van der Waals surface area contributed by atoms with Crippen LogP contribution in [0, 0.1) is 6.92 Å². The summed E-state index contributed by atoms with van der Waals surface area (Å²) in [4.78, 5) is 24.4. The van der Waals surface area contributed by atoms with E-state index >= 15 is 0 Å². The van der Waals surface area contributed by atoms with E-state index in [0.717, 1.165) is 28.1 Å². The molecule has 0 spiro atoms. The molecule has 0 aliphatic carbocycles. The van der Waals surface area contributed by atoms with Crippen molar-refractivity contribution in [1.29, 1.82) is 0 Å². The molecule has 140 valence electrons. The number of pyridine rings is 2. The molecule has 0 fully saturated rings. The molecule has 4 aromatic rings. The average Bonchev–Trinajstić information content (AvgIpc) is 3.18. The summed E-state index contributed by atoms with van der Waals surface area (Å²) in [5.74, 6) is 0.271. The van der Waals surface area contributed by atoms with Crippen LogP contribution in [0.25, 0.3) is 21.5 Å². The minimum atomic E-state index is -0.237. The van der Waals surface area contributed by atoms with E-state index in [4.69, 9.17) is 16.6 Å². The second-order valence-electron chi connectivity index (χ2n) is 6.51. The minimum absolute atomic E-state index is 0.237. The lowest BCUT2D eigenvalue weighted by molar-refractivity contribution is 0.102. The Balaban J connectivity index is 1.81. The van der Waals surface area contributed by atoms with Gasteiger partial charge in [-0.25, -0.2) is 9.97 Å². The number of thiophene rings is 1. The molecule has 4 rings (SSSR count). The third-order valence-corrected chi connectivity index (χ3v) is 5.92. The third-order valence-electron chi connectivity index (χ3n) is 4.43. The van der Waals surface area contributed by atoms with E-state index in [2.05, 4.69) is 29.4 Å². The summed E-state index contributed by atoms with van der Waals surface area (Å²) in [6.07, 6.45) is 2.70. The lowest BCUT2D eigenvalue weighted by Crippen LogP contribution is -2.14. The Hall–Kier alpha value is -2.76. The van der Waals surface area contributed by atoms with Crippen LogP contribution in [0.5, 0.6) is 0 Å². The van der Waals surface area contributed by atoms with Crippen LogP contribution in [0.15, 0.2) is 54.7 Å². The van der Waals surface area contributed by atoms with Crippen molar-refractivity contribution in [2.24, 2.45) is 0 Å². The van der Waals surface area contributed by atoms with E-state index in [0.29, 0.717) is 21.8 Å². The Morgan fingerprint density at radius 2 is 2.00 bits per heavy atom. The Bertz CT molecular complexity index is 1170. The van der Waals surface area contributed by atoms with Gasteiger partial charge in [0.2, 0.25) is 0 Å². The van der Waals surface area contributed by atoms with Crippen molar-refractivity contribution in [1.82, 2.24) is 9.97 Å². The van der Waals surface area contributed by atoms with E-state index in [1.54, 1.807) is 35.7 Å². The molecule has 0 atom stereocenters. The van der Waals surface area contributed by atoms with Gasteiger partial charge in [0.1, 0.15) is 5.82 Å². The second-order valence-corrected chi connectivity index (χ2v) is 8.12. The number of carbonyl (C=O) groups is 1. The van der Waals surface area contributed by atoms with Crippen molar-refractivity contribution < 1.29 is 4.79 Å². The first-order chi connectivity index (χ1) is 13.5. The highest BCUT2D eigenvalue weighted by Gasteiger charge is 2.16. The van der Waals surface area contributed by atoms with Gasteiger partial charge in [-0.15, -0.1) is 11.3 Å². The van der Waals surface area contributed by atoms with E-state index in [1.165, 1.54) is 4.88 Å². The second kappa shape index (κ2) is 7.70. The number of amides is 1. The fourth-order valence-corrected chi connectivity index (χ4v) is 4.02. The predicted molar refractivity (Wildman–Crippen MR) is 116 cm³/mol. The van der Waals surface area contributed by atoms with Gasteiger partial charge in [0, 0.05) is 21.5 Å². The number of hydrogen-bond acceptors (Lipinski definition) is 4. The van der Waals surface area contributed by atoms with Crippen LogP contribution in [0.1, 0.15) is 27.7 Å². The van der Waals surface area contributed by atoms with Gasteiger partial charge in [0.05, 0.1) is 21.7 Å². The van der Waals surface area contributed by atoms with Gasteiger partial charge in [-0.1, -0.05) is 24.6 Å². The third kappa shape index (κ3) is 3.77. The molecule has 0 unspecified atom stereocenters. The zero-order valence-electron chi connectivity index (χ0n) is 15.5. The van der Waals surface area contributed by atoms with Crippen molar-refractivity contribution in [3.63, 3.8) is 0 Å². The molecule has 0 aliphatic heterocycles. The van der Waals surface area contributed by atoms with Crippen LogP contribution in [-0.4, -0.2) is 15.9 Å². The standard InChI is InChI=1S/C22H18ClN3OS/c1-3-15-6-8-20(28-15)19-11-17(16-10-14(23)5-7-18(16)25-19)22(27)26-21-9-4-13(2)12-24-21/h4-12H,3H2,1-2H3,(H,24,26,27). The molecule has 3 heterocycles. The van der Waals surface area contributed by atoms with Crippen molar-refractivity contribution in [2.75, 3.05) is 5.32 Å². The number of nitrogens with one attached hydrogen (secondary N) is 1. The Morgan fingerprint density at radius 3 is 2.71 bits per heavy atom. The summed E-state index contributed by atoms with van der Waals surface area (Å²) < 4.78 is 0. The molecule has 28 heavy (non-hydrogen) atoms. The van der Waals surface area contributed by atoms with E-state index in [9.17, 15) is 4.79 Å². The minimum Gasteiger partial charge on any atom is -0.307 e. The molecule has 1 N–H and O–H groups in total. The molecule has 0 aliphatic rings. The zero-order valence-corrected chi connectivity index (χ0v) is 17.1. The number of hydrogen-bond donors (Lipinski definition) is 1. The predicted octanol–water partition coefficient (Wildman–Crippen LogP) is 6.13. The quantitative estimate of drug-likeness (QED) is 0.442. The molecule has 0 bridgehead atoms. The number of benzene rings is 1. The largest absolute Gasteiger partial charge is 0.307 e. The molecule has 4 nitrogen and oxygen atoms in total. The topological polar surface area (TPSA) is 54.9 Å². The molecular weight excluding hydrogens is 390 g/mol. The smallest absolute Gasteiger partial charge is 0.257 e. The fourth-order valence-electron chi connectivity index (χ4n) is 2.94. The van der Waals surface area contributed by atoms with Crippen molar-refractivity contribution >= 4 is 45.6 Å². The zero-order chi connectivity index (χ0) is 19.7. The van der Waals surface area contributed by atoms with Gasteiger partial charge in [-0.3, -0.25) is 4.79 Å². The monoisotopic (exact) mass is 407 g/mol. The molecule has 0 saturated carbocycles. The number of halogens is 1. The van der Waals surface area contributed by atoms with Gasteiger partial charge in [-0.05, 0) is 61.4 Å². The number of carbonyl (C=O) groups excluding carboxylic acids is 1. The SMILES string of the molecule is CCc1ccc(-c2cc(C(=O)Nc3ccc(C)cn3)c3cc(Cl)ccc3n2)s1. The van der Waals surface area contributed by atoms with E-state index < -0.39 is 0 Å². The lowest BCUT2D eigenvalue weighted by atomic mass is 10.1. The van der Waals surface area contributed by atoms with Crippen LogP contribution in [0.4, 0.5) is 5.82 Å². The number of aromatic nitrogens is 2. The summed E-state index contributed by atoms with van der Waals surface area (Å²) in [6, 6.07) is 15.1. The summed E-state index contributed by atoms with van der Waals surface area (Å²) in [7, 11) is 0. The highest BCUT2D eigenvalue weighted by molar-refractivity contribution is 7.15. The maximum atomic E-state index is 13.1. The van der Waals surface area contributed by atoms with Crippen LogP contribution >= 0.6 is 22.9 Å². The van der Waals surface area contributed by atoms with Crippen LogP contribution in [0.3, 0.4) is 0 Å². The summed E-state index contributed by atoms with van der Waals surface area (Å²) in [5.41, 5.74) is 3.07. The van der Waals surface area contributed by atoms with E-state index in [1.807, 2.05) is 25.1 Å². The molecule has 1 amide bonds. The van der Waals surface area contributed by atoms with Crippen molar-refractivity contribution in [3.05, 3.63) is 75.8 Å².